The van der Waals surface area contributed by atoms with Crippen LogP contribution >= 0.6 is 0 Å². The van der Waals surface area contributed by atoms with E-state index in [1.54, 1.807) is 10.9 Å². The van der Waals surface area contributed by atoms with Crippen LogP contribution in [0.5, 0.6) is 0 Å². The molecule has 0 fully saturated rings. The summed E-state index contributed by atoms with van der Waals surface area (Å²) in [6, 6.07) is 14.2. The predicted molar refractivity (Wildman–Crippen MR) is 71.5 cm³/mol. The minimum atomic E-state index is 0.845. The number of benzene rings is 1. The van der Waals surface area contributed by atoms with Crippen LogP contribution in [0.4, 0.5) is 0 Å². The number of hydrogen-bond acceptors (Lipinski definition) is 2. The maximum absolute atomic E-state index is 4.36. The fraction of sp³-hybridized carbons (Fsp3) is 0.0667. The number of nitrogens with zero attached hydrogens (tertiary/aromatic N) is 3. The van der Waals surface area contributed by atoms with Crippen LogP contribution in [0.3, 0.4) is 0 Å². The van der Waals surface area contributed by atoms with Gasteiger partial charge in [-0.1, -0.05) is 30.3 Å². The summed E-state index contributed by atoms with van der Waals surface area (Å²) in [4.78, 5) is 4.32. The third-order valence-electron chi connectivity index (χ3n) is 2.83. The standard InChI is InChI=1S/C15H13N3/c1-12-7-8-16-15(9-12)18-11-14(10-17-18)13-5-3-2-4-6-13/h2-11H,1H3. The zero-order chi connectivity index (χ0) is 12.4. The molecule has 3 aromatic rings. The van der Waals surface area contributed by atoms with Gasteiger partial charge in [-0.2, -0.15) is 5.10 Å². The van der Waals surface area contributed by atoms with Gasteiger partial charge in [0, 0.05) is 18.0 Å². The van der Waals surface area contributed by atoms with Crippen molar-refractivity contribution in [1.29, 1.82) is 0 Å². The fourth-order valence-corrected chi connectivity index (χ4v) is 1.87. The first-order chi connectivity index (χ1) is 8.83. The number of aromatic nitrogens is 3. The van der Waals surface area contributed by atoms with Crippen molar-refractivity contribution < 1.29 is 0 Å². The molecular formula is C15H13N3. The molecule has 0 radical (unpaired) electrons. The molecule has 0 unspecified atom stereocenters. The van der Waals surface area contributed by atoms with Crippen LogP contribution in [0, 0.1) is 6.92 Å². The number of aryl methyl sites for hydroxylation is 1. The molecule has 0 N–H and O–H groups in total. The first-order valence-electron chi connectivity index (χ1n) is 5.86. The minimum absolute atomic E-state index is 0.845. The lowest BCUT2D eigenvalue weighted by Gasteiger charge is -2.00. The lowest BCUT2D eigenvalue weighted by Crippen LogP contribution is -1.97. The second kappa shape index (κ2) is 4.45. The summed E-state index contributed by atoms with van der Waals surface area (Å²) in [6.07, 6.45) is 5.66. The molecule has 2 aromatic heterocycles. The number of hydrogen-bond donors (Lipinski definition) is 0. The van der Waals surface area contributed by atoms with Crippen molar-refractivity contribution in [3.8, 4) is 16.9 Å². The second-order valence-corrected chi connectivity index (χ2v) is 4.23. The molecule has 0 atom stereocenters. The van der Waals surface area contributed by atoms with E-state index in [0.717, 1.165) is 16.9 Å². The van der Waals surface area contributed by atoms with E-state index in [9.17, 15) is 0 Å². The lowest BCUT2D eigenvalue weighted by atomic mass is 10.1. The molecule has 0 aliphatic heterocycles. The van der Waals surface area contributed by atoms with E-state index in [-0.39, 0.29) is 0 Å². The highest BCUT2D eigenvalue weighted by atomic mass is 15.3. The highest BCUT2D eigenvalue weighted by Gasteiger charge is 2.03. The summed E-state index contributed by atoms with van der Waals surface area (Å²) in [5, 5.41) is 4.36. The third kappa shape index (κ3) is 2.02. The first kappa shape index (κ1) is 10.7. The van der Waals surface area contributed by atoms with Gasteiger partial charge in [0.1, 0.15) is 0 Å². The monoisotopic (exact) mass is 235 g/mol. The van der Waals surface area contributed by atoms with E-state index in [1.807, 2.05) is 49.6 Å². The summed E-state index contributed by atoms with van der Waals surface area (Å²) in [7, 11) is 0. The van der Waals surface area contributed by atoms with Crippen molar-refractivity contribution in [3.05, 3.63) is 66.6 Å². The third-order valence-corrected chi connectivity index (χ3v) is 2.83. The fourth-order valence-electron chi connectivity index (χ4n) is 1.87. The molecule has 2 heterocycles. The number of rotatable bonds is 2. The van der Waals surface area contributed by atoms with Crippen LogP contribution in [0.2, 0.25) is 0 Å². The minimum Gasteiger partial charge on any atom is -0.237 e. The number of pyridine rings is 1. The van der Waals surface area contributed by atoms with E-state index in [1.165, 1.54) is 5.56 Å². The van der Waals surface area contributed by atoms with Gasteiger partial charge in [0.05, 0.1) is 6.20 Å². The van der Waals surface area contributed by atoms with E-state index in [0.29, 0.717) is 0 Å². The largest absolute Gasteiger partial charge is 0.237 e. The zero-order valence-electron chi connectivity index (χ0n) is 10.1. The van der Waals surface area contributed by atoms with E-state index in [4.69, 9.17) is 0 Å². The molecule has 0 bridgehead atoms. The Morgan fingerprint density at radius 1 is 1.00 bits per heavy atom. The van der Waals surface area contributed by atoms with Gasteiger partial charge in [-0.3, -0.25) is 0 Å². The highest BCUT2D eigenvalue weighted by molar-refractivity contribution is 5.61. The molecule has 3 rings (SSSR count). The smallest absolute Gasteiger partial charge is 0.153 e. The van der Waals surface area contributed by atoms with E-state index >= 15 is 0 Å². The molecule has 0 saturated heterocycles. The summed E-state index contributed by atoms with van der Waals surface area (Å²) in [6.45, 7) is 2.05. The molecular weight excluding hydrogens is 222 g/mol. The normalized spacial score (nSPS) is 10.5. The first-order valence-corrected chi connectivity index (χ1v) is 5.86. The Labute approximate surface area is 106 Å². The SMILES string of the molecule is Cc1ccnc(-n2cc(-c3ccccc3)cn2)c1. The Bertz CT molecular complexity index is 656. The van der Waals surface area contributed by atoms with Crippen molar-refractivity contribution in [1.82, 2.24) is 14.8 Å². The Balaban J connectivity index is 2.00. The van der Waals surface area contributed by atoms with Gasteiger partial charge in [-0.15, -0.1) is 0 Å². The molecule has 3 nitrogen and oxygen atoms in total. The van der Waals surface area contributed by atoms with Gasteiger partial charge in [0.2, 0.25) is 0 Å². The van der Waals surface area contributed by atoms with Crippen molar-refractivity contribution in [2.75, 3.05) is 0 Å². The second-order valence-electron chi connectivity index (χ2n) is 4.23. The van der Waals surface area contributed by atoms with Crippen LogP contribution in [0.1, 0.15) is 5.56 Å². The van der Waals surface area contributed by atoms with Crippen molar-refractivity contribution >= 4 is 0 Å². The highest BCUT2D eigenvalue weighted by Crippen LogP contribution is 2.19. The molecule has 0 spiro atoms. The van der Waals surface area contributed by atoms with Crippen LogP contribution in [0.15, 0.2) is 61.1 Å². The molecule has 0 saturated carbocycles. The average molecular weight is 235 g/mol. The van der Waals surface area contributed by atoms with Gasteiger partial charge in [-0.25, -0.2) is 9.67 Å². The van der Waals surface area contributed by atoms with Crippen molar-refractivity contribution in [2.45, 2.75) is 6.92 Å². The summed E-state index contributed by atoms with van der Waals surface area (Å²) < 4.78 is 1.80. The van der Waals surface area contributed by atoms with Crippen molar-refractivity contribution in [3.63, 3.8) is 0 Å². The quantitative estimate of drug-likeness (QED) is 0.682. The topological polar surface area (TPSA) is 30.7 Å². The molecule has 0 amide bonds. The van der Waals surface area contributed by atoms with E-state index < -0.39 is 0 Å². The van der Waals surface area contributed by atoms with Gasteiger partial charge in [0.15, 0.2) is 5.82 Å². The predicted octanol–water partition coefficient (Wildman–Crippen LogP) is 3.24. The van der Waals surface area contributed by atoms with Crippen molar-refractivity contribution in [2.24, 2.45) is 0 Å². The summed E-state index contributed by atoms with van der Waals surface area (Å²) >= 11 is 0. The van der Waals surface area contributed by atoms with Gasteiger partial charge >= 0.3 is 0 Å². The van der Waals surface area contributed by atoms with Crippen LogP contribution in [0.25, 0.3) is 16.9 Å². The lowest BCUT2D eigenvalue weighted by molar-refractivity contribution is 0.845. The molecule has 1 aromatic carbocycles. The van der Waals surface area contributed by atoms with Gasteiger partial charge < -0.3 is 0 Å². The summed E-state index contributed by atoms with van der Waals surface area (Å²) in [5.41, 5.74) is 3.44. The Morgan fingerprint density at radius 3 is 2.61 bits per heavy atom. The van der Waals surface area contributed by atoms with Crippen LogP contribution < -0.4 is 0 Å². The zero-order valence-corrected chi connectivity index (χ0v) is 10.1. The summed E-state index contributed by atoms with van der Waals surface area (Å²) in [5.74, 6) is 0.845. The molecule has 3 heteroatoms. The molecule has 18 heavy (non-hydrogen) atoms. The molecule has 88 valence electrons. The van der Waals surface area contributed by atoms with E-state index in [2.05, 4.69) is 22.2 Å². The van der Waals surface area contributed by atoms with Crippen LogP contribution in [-0.2, 0) is 0 Å². The average Bonchev–Trinajstić information content (AvgIpc) is 2.89. The molecule has 0 aliphatic carbocycles. The van der Waals surface area contributed by atoms with Crippen LogP contribution in [-0.4, -0.2) is 14.8 Å². The Hall–Kier alpha value is -2.42. The Morgan fingerprint density at radius 2 is 1.83 bits per heavy atom. The maximum Gasteiger partial charge on any atom is 0.153 e. The Kier molecular flexibility index (Phi) is 2.65. The maximum atomic E-state index is 4.36. The van der Waals surface area contributed by atoms with Gasteiger partial charge in [-0.05, 0) is 30.2 Å². The molecule has 0 aliphatic rings. The van der Waals surface area contributed by atoms with Gasteiger partial charge in [0.25, 0.3) is 0 Å².